The Hall–Kier alpha value is -1.62. The number of rotatable bonds is 4. The highest BCUT2D eigenvalue weighted by Gasteiger charge is 2.22. The summed E-state index contributed by atoms with van der Waals surface area (Å²) in [7, 11) is 1.84. The molecule has 1 aromatic heterocycles. The maximum atomic E-state index is 11.7. The fourth-order valence-electron chi connectivity index (χ4n) is 2.25. The Labute approximate surface area is 114 Å². The third kappa shape index (κ3) is 3.23. The van der Waals surface area contributed by atoms with Crippen molar-refractivity contribution in [2.24, 2.45) is 0 Å². The van der Waals surface area contributed by atoms with Crippen LogP contribution in [0.2, 0.25) is 0 Å². The summed E-state index contributed by atoms with van der Waals surface area (Å²) >= 11 is 0. The molecule has 0 spiro atoms. The largest absolute Gasteiger partial charge is 0.346 e. The minimum absolute atomic E-state index is 0.151. The number of nitrogens with one attached hydrogen (secondary N) is 1. The van der Waals surface area contributed by atoms with Gasteiger partial charge in [-0.1, -0.05) is 6.92 Å². The van der Waals surface area contributed by atoms with Crippen molar-refractivity contribution < 1.29 is 4.79 Å². The van der Waals surface area contributed by atoms with Crippen LogP contribution in [0, 0.1) is 0 Å². The molecule has 0 bridgehead atoms. The van der Waals surface area contributed by atoms with Gasteiger partial charge in [0.2, 0.25) is 5.91 Å². The van der Waals surface area contributed by atoms with E-state index in [2.05, 4.69) is 30.2 Å². The van der Waals surface area contributed by atoms with E-state index >= 15 is 0 Å². The molecule has 1 amide bonds. The molecule has 104 valence electrons. The van der Waals surface area contributed by atoms with Crippen molar-refractivity contribution in [3.63, 3.8) is 0 Å². The lowest BCUT2D eigenvalue weighted by atomic mass is 10.1. The Morgan fingerprint density at radius 2 is 2.26 bits per heavy atom. The molecule has 1 aliphatic rings. The van der Waals surface area contributed by atoms with Crippen LogP contribution < -0.4 is 10.2 Å². The average Bonchev–Trinajstić information content (AvgIpc) is 2.42. The van der Waals surface area contributed by atoms with Crippen LogP contribution in [0.25, 0.3) is 0 Å². The van der Waals surface area contributed by atoms with Gasteiger partial charge in [-0.05, 0) is 31.2 Å². The third-order valence-electron chi connectivity index (χ3n) is 3.56. The number of likely N-dealkylation sites (N-methyl/N-ethyl adjacent to an activating group) is 1. The summed E-state index contributed by atoms with van der Waals surface area (Å²) in [5.74, 6) is 1.04. The maximum Gasteiger partial charge on any atom is 0.241 e. The van der Waals surface area contributed by atoms with Crippen LogP contribution >= 0.6 is 0 Å². The van der Waals surface area contributed by atoms with Gasteiger partial charge in [-0.15, -0.1) is 0 Å². The van der Waals surface area contributed by atoms with Gasteiger partial charge in [0, 0.05) is 32.4 Å². The standard InChI is InChI=1S/C14H22N4O/c1-4-15-11(2)12-5-6-16-13(9-12)18-8-7-17(3)14(19)10-18/h5-6,9,11,15H,4,7-8,10H2,1-3H3. The van der Waals surface area contributed by atoms with Gasteiger partial charge in [0.15, 0.2) is 0 Å². The van der Waals surface area contributed by atoms with Gasteiger partial charge in [-0.2, -0.15) is 0 Å². The molecule has 1 N–H and O–H groups in total. The third-order valence-corrected chi connectivity index (χ3v) is 3.56. The molecule has 0 aliphatic carbocycles. The molecule has 19 heavy (non-hydrogen) atoms. The summed E-state index contributed by atoms with van der Waals surface area (Å²) in [5, 5.41) is 3.39. The van der Waals surface area contributed by atoms with Gasteiger partial charge in [-0.25, -0.2) is 4.98 Å². The van der Waals surface area contributed by atoms with Crippen LogP contribution in [0.1, 0.15) is 25.5 Å². The molecule has 0 radical (unpaired) electrons. The zero-order chi connectivity index (χ0) is 13.8. The van der Waals surface area contributed by atoms with E-state index in [1.165, 1.54) is 5.56 Å². The van der Waals surface area contributed by atoms with E-state index in [-0.39, 0.29) is 5.91 Å². The fourth-order valence-corrected chi connectivity index (χ4v) is 2.25. The molecule has 2 heterocycles. The predicted octanol–water partition coefficient (Wildman–Crippen LogP) is 1.03. The van der Waals surface area contributed by atoms with Crippen LogP contribution in [0.5, 0.6) is 0 Å². The lowest BCUT2D eigenvalue weighted by molar-refractivity contribution is -0.129. The molecular formula is C14H22N4O. The van der Waals surface area contributed by atoms with Gasteiger partial charge in [0.1, 0.15) is 5.82 Å². The molecule has 0 aromatic carbocycles. The number of piperazine rings is 1. The summed E-state index contributed by atoms with van der Waals surface area (Å²) in [6, 6.07) is 4.40. The number of carbonyl (C=O) groups is 1. The van der Waals surface area contributed by atoms with Gasteiger partial charge in [0.05, 0.1) is 6.54 Å². The van der Waals surface area contributed by atoms with Gasteiger partial charge < -0.3 is 15.1 Å². The number of pyridine rings is 1. The van der Waals surface area contributed by atoms with E-state index in [9.17, 15) is 4.79 Å². The molecule has 2 rings (SSSR count). The Balaban J connectivity index is 2.12. The van der Waals surface area contributed by atoms with Crippen LogP contribution in [-0.4, -0.2) is 49.0 Å². The van der Waals surface area contributed by atoms with Crippen molar-refractivity contribution in [1.29, 1.82) is 0 Å². The van der Waals surface area contributed by atoms with Crippen LogP contribution in [0.4, 0.5) is 5.82 Å². The first-order valence-corrected chi connectivity index (χ1v) is 6.80. The lowest BCUT2D eigenvalue weighted by Gasteiger charge is -2.33. The first-order valence-electron chi connectivity index (χ1n) is 6.80. The first kappa shape index (κ1) is 13.8. The quantitative estimate of drug-likeness (QED) is 0.880. The number of hydrogen-bond acceptors (Lipinski definition) is 4. The minimum Gasteiger partial charge on any atom is -0.346 e. The average molecular weight is 262 g/mol. The second kappa shape index (κ2) is 6.02. The van der Waals surface area contributed by atoms with E-state index in [1.54, 1.807) is 4.90 Å². The number of carbonyl (C=O) groups excluding carboxylic acids is 1. The second-order valence-corrected chi connectivity index (χ2v) is 4.96. The zero-order valence-electron chi connectivity index (χ0n) is 11.9. The van der Waals surface area contributed by atoms with Crippen LogP contribution in [-0.2, 0) is 4.79 Å². The second-order valence-electron chi connectivity index (χ2n) is 4.96. The number of hydrogen-bond donors (Lipinski definition) is 1. The Kier molecular flexibility index (Phi) is 4.37. The zero-order valence-corrected chi connectivity index (χ0v) is 11.9. The highest BCUT2D eigenvalue weighted by Crippen LogP contribution is 2.19. The van der Waals surface area contributed by atoms with Crippen LogP contribution in [0.15, 0.2) is 18.3 Å². The van der Waals surface area contributed by atoms with E-state index in [1.807, 2.05) is 24.2 Å². The molecular weight excluding hydrogens is 240 g/mol. The first-order chi connectivity index (χ1) is 9.11. The fraction of sp³-hybridized carbons (Fsp3) is 0.571. The molecule has 1 fully saturated rings. The summed E-state index contributed by atoms with van der Waals surface area (Å²) in [6.45, 7) is 7.19. The molecule has 5 nitrogen and oxygen atoms in total. The SMILES string of the molecule is CCNC(C)c1ccnc(N2CCN(C)C(=O)C2)c1. The normalized spacial score (nSPS) is 17.7. The molecule has 1 atom stereocenters. The van der Waals surface area contributed by atoms with E-state index in [4.69, 9.17) is 0 Å². The highest BCUT2D eigenvalue weighted by atomic mass is 16.2. The summed E-state index contributed by atoms with van der Waals surface area (Å²) in [6.07, 6.45) is 1.82. The van der Waals surface area contributed by atoms with Crippen LogP contribution in [0.3, 0.4) is 0 Å². The van der Waals surface area contributed by atoms with Crippen molar-refractivity contribution >= 4 is 11.7 Å². The van der Waals surface area contributed by atoms with E-state index < -0.39 is 0 Å². The summed E-state index contributed by atoms with van der Waals surface area (Å²) in [5.41, 5.74) is 1.21. The minimum atomic E-state index is 0.151. The smallest absolute Gasteiger partial charge is 0.241 e. The number of nitrogens with zero attached hydrogens (tertiary/aromatic N) is 3. The maximum absolute atomic E-state index is 11.7. The Morgan fingerprint density at radius 3 is 2.95 bits per heavy atom. The molecule has 1 aliphatic heterocycles. The predicted molar refractivity (Wildman–Crippen MR) is 76.2 cm³/mol. The van der Waals surface area contributed by atoms with Crippen molar-refractivity contribution in [2.75, 3.05) is 38.1 Å². The van der Waals surface area contributed by atoms with Gasteiger partial charge in [0.25, 0.3) is 0 Å². The molecule has 1 saturated heterocycles. The molecule has 1 unspecified atom stereocenters. The van der Waals surface area contributed by atoms with E-state index in [0.717, 1.165) is 25.5 Å². The Morgan fingerprint density at radius 1 is 1.47 bits per heavy atom. The van der Waals surface area contributed by atoms with Gasteiger partial charge >= 0.3 is 0 Å². The number of anilines is 1. The lowest BCUT2D eigenvalue weighted by Crippen LogP contribution is -2.48. The highest BCUT2D eigenvalue weighted by molar-refractivity contribution is 5.82. The summed E-state index contributed by atoms with van der Waals surface area (Å²) < 4.78 is 0. The summed E-state index contributed by atoms with van der Waals surface area (Å²) in [4.78, 5) is 19.9. The molecule has 0 saturated carbocycles. The monoisotopic (exact) mass is 262 g/mol. The van der Waals surface area contributed by atoms with Crippen molar-refractivity contribution in [3.05, 3.63) is 23.9 Å². The van der Waals surface area contributed by atoms with Gasteiger partial charge in [-0.3, -0.25) is 4.79 Å². The Bertz CT molecular complexity index is 449. The topological polar surface area (TPSA) is 48.5 Å². The van der Waals surface area contributed by atoms with Crippen molar-refractivity contribution in [1.82, 2.24) is 15.2 Å². The number of amides is 1. The van der Waals surface area contributed by atoms with Crippen molar-refractivity contribution in [3.8, 4) is 0 Å². The molecule has 5 heteroatoms. The molecule has 1 aromatic rings. The number of aromatic nitrogens is 1. The van der Waals surface area contributed by atoms with Crippen molar-refractivity contribution in [2.45, 2.75) is 19.9 Å². The van der Waals surface area contributed by atoms with E-state index in [0.29, 0.717) is 12.6 Å².